The van der Waals surface area contributed by atoms with Gasteiger partial charge in [-0.25, -0.2) is 0 Å². The highest BCUT2D eigenvalue weighted by molar-refractivity contribution is 6.34. The summed E-state index contributed by atoms with van der Waals surface area (Å²) >= 11 is 6.24. The summed E-state index contributed by atoms with van der Waals surface area (Å²) in [6.45, 7) is 0. The molecule has 0 bridgehead atoms. The fourth-order valence-electron chi connectivity index (χ4n) is 2.48. The van der Waals surface area contributed by atoms with Crippen molar-refractivity contribution in [3.63, 3.8) is 0 Å². The molecule has 15 heavy (non-hydrogen) atoms. The largest absolute Gasteiger partial charge is 0.298 e. The molecular weight excluding hydrogens is 210 g/mol. The van der Waals surface area contributed by atoms with Crippen LogP contribution in [0, 0.1) is 5.92 Å². The number of fused-ring (bicyclic) bond motifs is 1. The Morgan fingerprint density at radius 1 is 1.27 bits per heavy atom. The smallest absolute Gasteiger partial charge is 0.152 e. The maximum absolute atomic E-state index is 10.8. The molecule has 0 aromatic carbocycles. The van der Waals surface area contributed by atoms with E-state index in [2.05, 4.69) is 4.99 Å². The van der Waals surface area contributed by atoms with Crippen molar-refractivity contribution >= 4 is 24.1 Å². The zero-order valence-corrected chi connectivity index (χ0v) is 9.54. The van der Waals surface area contributed by atoms with Crippen molar-refractivity contribution in [3.05, 3.63) is 10.6 Å². The predicted octanol–water partition coefficient (Wildman–Crippen LogP) is 3.10. The number of carbonyl (C=O) groups excluding carboxylic acids is 1. The molecule has 1 aliphatic carbocycles. The van der Waals surface area contributed by atoms with Crippen molar-refractivity contribution in [3.8, 4) is 0 Å². The van der Waals surface area contributed by atoms with E-state index in [1.165, 1.54) is 25.7 Å². The average Bonchev–Trinajstić information content (AvgIpc) is 2.20. The highest BCUT2D eigenvalue weighted by atomic mass is 35.5. The molecule has 2 aliphatic rings. The molecule has 82 valence electrons. The third-order valence-electron chi connectivity index (χ3n) is 3.36. The standard InChI is InChI=1S/C12H16ClNO/c13-12-9(8-15)7-14-11-6-4-2-1-3-5-10(11)12/h7-8,10-11H,1-6H2. The van der Waals surface area contributed by atoms with Crippen LogP contribution in [0.4, 0.5) is 0 Å². The second-order valence-corrected chi connectivity index (χ2v) is 4.77. The Balaban J connectivity index is 2.19. The van der Waals surface area contributed by atoms with Crippen molar-refractivity contribution in [1.82, 2.24) is 0 Å². The van der Waals surface area contributed by atoms with Crippen LogP contribution in [-0.4, -0.2) is 18.5 Å². The first-order valence-electron chi connectivity index (χ1n) is 5.71. The summed E-state index contributed by atoms with van der Waals surface area (Å²) < 4.78 is 0. The van der Waals surface area contributed by atoms with Gasteiger partial charge in [0, 0.05) is 22.7 Å². The van der Waals surface area contributed by atoms with E-state index in [1.54, 1.807) is 6.21 Å². The summed E-state index contributed by atoms with van der Waals surface area (Å²) in [4.78, 5) is 15.2. The molecule has 1 saturated carbocycles. The van der Waals surface area contributed by atoms with Crippen molar-refractivity contribution in [2.45, 2.75) is 44.6 Å². The normalized spacial score (nSPS) is 31.8. The molecule has 0 radical (unpaired) electrons. The van der Waals surface area contributed by atoms with Gasteiger partial charge in [0.05, 0.1) is 6.04 Å². The van der Waals surface area contributed by atoms with Gasteiger partial charge in [0.2, 0.25) is 0 Å². The average molecular weight is 226 g/mol. The summed E-state index contributed by atoms with van der Waals surface area (Å²) in [6, 6.07) is 0.321. The lowest BCUT2D eigenvalue weighted by Crippen LogP contribution is -2.25. The first-order chi connectivity index (χ1) is 7.33. The van der Waals surface area contributed by atoms with E-state index in [1.807, 2.05) is 0 Å². The second-order valence-electron chi connectivity index (χ2n) is 4.36. The molecule has 2 rings (SSSR count). The molecule has 1 aliphatic heterocycles. The molecule has 0 spiro atoms. The first-order valence-corrected chi connectivity index (χ1v) is 6.08. The summed E-state index contributed by atoms with van der Waals surface area (Å²) in [5, 5.41) is 0.743. The van der Waals surface area contributed by atoms with E-state index < -0.39 is 0 Å². The molecule has 0 amide bonds. The van der Waals surface area contributed by atoms with E-state index in [4.69, 9.17) is 11.6 Å². The van der Waals surface area contributed by atoms with Gasteiger partial charge in [0.25, 0.3) is 0 Å². The highest BCUT2D eigenvalue weighted by Gasteiger charge is 2.28. The van der Waals surface area contributed by atoms with Crippen LogP contribution in [0.5, 0.6) is 0 Å². The zero-order valence-electron chi connectivity index (χ0n) is 8.79. The first kappa shape index (κ1) is 10.9. The molecule has 0 aromatic heterocycles. The number of halogens is 1. The fraction of sp³-hybridized carbons (Fsp3) is 0.667. The van der Waals surface area contributed by atoms with Gasteiger partial charge in [-0.2, -0.15) is 0 Å². The van der Waals surface area contributed by atoms with Gasteiger partial charge >= 0.3 is 0 Å². The van der Waals surface area contributed by atoms with Crippen LogP contribution in [0.25, 0.3) is 0 Å². The number of hydrogen-bond donors (Lipinski definition) is 0. The van der Waals surface area contributed by atoms with Crippen molar-refractivity contribution in [2.24, 2.45) is 10.9 Å². The van der Waals surface area contributed by atoms with E-state index in [9.17, 15) is 4.79 Å². The maximum Gasteiger partial charge on any atom is 0.152 e. The Morgan fingerprint density at radius 2 is 2.00 bits per heavy atom. The van der Waals surface area contributed by atoms with E-state index >= 15 is 0 Å². The van der Waals surface area contributed by atoms with Gasteiger partial charge < -0.3 is 0 Å². The highest BCUT2D eigenvalue weighted by Crippen LogP contribution is 2.35. The molecule has 2 nitrogen and oxygen atoms in total. The topological polar surface area (TPSA) is 29.4 Å². The van der Waals surface area contributed by atoms with Crippen LogP contribution in [0.3, 0.4) is 0 Å². The van der Waals surface area contributed by atoms with Gasteiger partial charge in [0.15, 0.2) is 6.29 Å². The Labute approximate surface area is 95.4 Å². The summed E-state index contributed by atoms with van der Waals surface area (Å²) in [5.41, 5.74) is 0.582. The van der Waals surface area contributed by atoms with E-state index in [0.29, 0.717) is 17.5 Å². The van der Waals surface area contributed by atoms with Gasteiger partial charge in [-0.05, 0) is 12.8 Å². The van der Waals surface area contributed by atoms with Gasteiger partial charge in [-0.3, -0.25) is 9.79 Å². The Bertz CT molecular complexity index is 309. The lowest BCUT2D eigenvalue weighted by molar-refractivity contribution is -0.104. The van der Waals surface area contributed by atoms with Crippen molar-refractivity contribution in [1.29, 1.82) is 0 Å². The van der Waals surface area contributed by atoms with Crippen LogP contribution in [0.2, 0.25) is 0 Å². The monoisotopic (exact) mass is 225 g/mol. The van der Waals surface area contributed by atoms with E-state index in [-0.39, 0.29) is 0 Å². The number of dihydropyridines is 1. The molecule has 0 saturated heterocycles. The van der Waals surface area contributed by atoms with Crippen LogP contribution in [0.1, 0.15) is 38.5 Å². The maximum atomic E-state index is 10.8. The van der Waals surface area contributed by atoms with Crippen molar-refractivity contribution < 1.29 is 4.79 Å². The Morgan fingerprint density at radius 3 is 2.73 bits per heavy atom. The number of carbonyl (C=O) groups is 1. The van der Waals surface area contributed by atoms with Crippen molar-refractivity contribution in [2.75, 3.05) is 0 Å². The second kappa shape index (κ2) is 4.93. The fourth-order valence-corrected chi connectivity index (χ4v) is 2.83. The Kier molecular flexibility index (Phi) is 3.57. The van der Waals surface area contributed by atoms with Crippen LogP contribution in [-0.2, 0) is 4.79 Å². The quantitative estimate of drug-likeness (QED) is 0.631. The number of allylic oxidation sites excluding steroid dienone is 1. The molecule has 1 fully saturated rings. The van der Waals surface area contributed by atoms with Crippen LogP contribution >= 0.6 is 11.6 Å². The lowest BCUT2D eigenvalue weighted by Gasteiger charge is -2.29. The number of aliphatic imine (C=N–C) groups is 1. The molecular formula is C12H16ClNO. The zero-order chi connectivity index (χ0) is 10.7. The molecule has 2 atom stereocenters. The van der Waals surface area contributed by atoms with Crippen LogP contribution in [0.15, 0.2) is 15.6 Å². The summed E-state index contributed by atoms with van der Waals surface area (Å²) in [6.07, 6.45) is 9.70. The molecule has 0 N–H and O–H groups in total. The lowest BCUT2D eigenvalue weighted by atomic mass is 9.84. The van der Waals surface area contributed by atoms with Gasteiger partial charge in [-0.15, -0.1) is 0 Å². The van der Waals surface area contributed by atoms with Gasteiger partial charge in [0.1, 0.15) is 0 Å². The molecule has 1 heterocycles. The molecule has 0 aromatic rings. The number of nitrogens with zero attached hydrogens (tertiary/aromatic N) is 1. The third kappa shape index (κ3) is 2.31. The minimum atomic E-state index is 0.303. The predicted molar refractivity (Wildman–Crippen MR) is 62.4 cm³/mol. The number of aldehydes is 1. The Hall–Kier alpha value is -0.630. The summed E-state index contributed by atoms with van der Waals surface area (Å²) in [7, 11) is 0. The SMILES string of the molecule is O=CC1=C(Cl)C2CCCCCCC2N=C1. The molecule has 2 unspecified atom stereocenters. The van der Waals surface area contributed by atoms with Crippen LogP contribution < -0.4 is 0 Å². The molecule has 3 heteroatoms. The number of hydrogen-bond acceptors (Lipinski definition) is 2. The third-order valence-corrected chi connectivity index (χ3v) is 3.86. The van der Waals surface area contributed by atoms with E-state index in [0.717, 1.165) is 24.2 Å². The summed E-state index contributed by atoms with van der Waals surface area (Å²) in [5.74, 6) is 0.303. The minimum Gasteiger partial charge on any atom is -0.298 e. The van der Waals surface area contributed by atoms with Gasteiger partial charge in [-0.1, -0.05) is 37.3 Å². The minimum absolute atomic E-state index is 0.303. The number of rotatable bonds is 1.